The van der Waals surface area contributed by atoms with Crippen LogP contribution in [0.15, 0.2) is 54.1 Å². The Kier molecular flexibility index (Phi) is 7.43. The van der Waals surface area contributed by atoms with Gasteiger partial charge in [0.15, 0.2) is 0 Å². The van der Waals surface area contributed by atoms with Crippen molar-refractivity contribution in [2.75, 3.05) is 13.2 Å². The van der Waals surface area contributed by atoms with Gasteiger partial charge in [0.25, 0.3) is 0 Å². The van der Waals surface area contributed by atoms with E-state index in [-0.39, 0.29) is 42.0 Å². The molecule has 1 aromatic rings. The highest BCUT2D eigenvalue weighted by Crippen LogP contribution is 2.62. The second kappa shape index (κ2) is 9.70. The number of hydrogen-bond donors (Lipinski definition) is 2. The molecule has 5 atom stereocenters. The summed E-state index contributed by atoms with van der Waals surface area (Å²) in [5.74, 6) is 0.0771. The number of ether oxygens (including phenoxy) is 1. The molecule has 0 saturated heterocycles. The molecule has 0 radical (unpaired) electrons. The summed E-state index contributed by atoms with van der Waals surface area (Å²) in [4.78, 5) is 12.9. The Balaban J connectivity index is 1.91. The Hall–Kier alpha value is -1.91. The third-order valence-corrected chi connectivity index (χ3v) is 7.94. The van der Waals surface area contributed by atoms with Crippen LogP contribution >= 0.6 is 0 Å². The zero-order chi connectivity index (χ0) is 22.6. The second-order valence-electron chi connectivity index (χ2n) is 10.1. The molecule has 0 aliphatic heterocycles. The second-order valence-corrected chi connectivity index (χ2v) is 10.1. The van der Waals surface area contributed by atoms with Crippen LogP contribution in [0.5, 0.6) is 0 Å². The summed E-state index contributed by atoms with van der Waals surface area (Å²) in [5, 5.41) is 19.6. The summed E-state index contributed by atoms with van der Waals surface area (Å²) in [6.45, 7) is 11.1. The number of allylic oxidation sites excluding steroid dienone is 1. The topological polar surface area (TPSA) is 66.8 Å². The van der Waals surface area contributed by atoms with Crippen molar-refractivity contribution in [3.8, 4) is 0 Å². The average Bonchev–Trinajstić information content (AvgIpc) is 2.73. The van der Waals surface area contributed by atoms with Crippen LogP contribution in [-0.4, -0.2) is 35.5 Å². The maximum atomic E-state index is 12.9. The Morgan fingerprint density at radius 2 is 1.94 bits per heavy atom. The van der Waals surface area contributed by atoms with Gasteiger partial charge >= 0.3 is 5.97 Å². The minimum Gasteiger partial charge on any atom is -0.458 e. The van der Waals surface area contributed by atoms with Crippen LogP contribution in [0.3, 0.4) is 0 Å². The van der Waals surface area contributed by atoms with Crippen molar-refractivity contribution in [1.82, 2.24) is 0 Å². The van der Waals surface area contributed by atoms with Gasteiger partial charge in [-0.15, -0.1) is 0 Å². The number of carbonyl (C=O) groups is 1. The van der Waals surface area contributed by atoms with Gasteiger partial charge in [0.05, 0.1) is 12.2 Å². The van der Waals surface area contributed by atoms with Crippen molar-refractivity contribution in [1.29, 1.82) is 0 Å². The molecule has 0 amide bonds. The molecule has 0 bridgehead atoms. The minimum atomic E-state index is -0.299. The standard InChI is InChI=1S/C27H38O4/c1-19(13-16-28)11-12-22-20(2)17-23(31-25(30)21-9-6-5-7-10-21)24-26(3,18-29)14-8-15-27(22,24)4/h5-7,9-10,13,22-24,28-29H,2,8,11-12,14-18H2,1,3-4H3/b19-13-/t22-,23+,24-,26-,27+/m0/s1. The Bertz CT molecular complexity index is 814. The Morgan fingerprint density at radius 3 is 2.58 bits per heavy atom. The molecule has 31 heavy (non-hydrogen) atoms. The van der Waals surface area contributed by atoms with E-state index >= 15 is 0 Å². The van der Waals surface area contributed by atoms with Crippen LogP contribution < -0.4 is 0 Å². The van der Waals surface area contributed by atoms with Crippen LogP contribution in [-0.2, 0) is 4.74 Å². The first-order chi connectivity index (χ1) is 14.7. The first kappa shape index (κ1) is 23.7. The number of carbonyl (C=O) groups excluding carboxylic acids is 1. The predicted octanol–water partition coefficient (Wildman–Crippen LogP) is 5.31. The van der Waals surface area contributed by atoms with Gasteiger partial charge in [-0.2, -0.15) is 0 Å². The van der Waals surface area contributed by atoms with Crippen molar-refractivity contribution in [2.24, 2.45) is 22.7 Å². The van der Waals surface area contributed by atoms with Crippen molar-refractivity contribution < 1.29 is 19.7 Å². The lowest BCUT2D eigenvalue weighted by Crippen LogP contribution is -2.58. The molecular weight excluding hydrogens is 388 g/mol. The monoisotopic (exact) mass is 426 g/mol. The summed E-state index contributed by atoms with van der Waals surface area (Å²) < 4.78 is 6.14. The highest BCUT2D eigenvalue weighted by Gasteiger charge is 2.59. The van der Waals surface area contributed by atoms with Crippen LogP contribution in [0.4, 0.5) is 0 Å². The smallest absolute Gasteiger partial charge is 0.338 e. The summed E-state index contributed by atoms with van der Waals surface area (Å²) >= 11 is 0. The fourth-order valence-electron chi connectivity index (χ4n) is 6.46. The highest BCUT2D eigenvalue weighted by atomic mass is 16.5. The van der Waals surface area contributed by atoms with Crippen molar-refractivity contribution in [3.63, 3.8) is 0 Å². The number of rotatable bonds is 7. The first-order valence-electron chi connectivity index (χ1n) is 11.6. The molecule has 0 aromatic heterocycles. The molecular formula is C27H38O4. The fraction of sp³-hybridized carbons (Fsp3) is 0.593. The van der Waals surface area contributed by atoms with E-state index in [1.54, 1.807) is 12.1 Å². The van der Waals surface area contributed by atoms with Gasteiger partial charge in [-0.05, 0) is 61.5 Å². The van der Waals surface area contributed by atoms with Gasteiger partial charge in [0.1, 0.15) is 6.10 Å². The van der Waals surface area contributed by atoms with Crippen LogP contribution in [0.25, 0.3) is 0 Å². The largest absolute Gasteiger partial charge is 0.458 e. The third-order valence-electron chi connectivity index (χ3n) is 7.94. The molecule has 4 nitrogen and oxygen atoms in total. The average molecular weight is 427 g/mol. The molecule has 2 aliphatic rings. The normalized spacial score (nSPS) is 33.6. The lowest BCUT2D eigenvalue weighted by atomic mass is 9.46. The van der Waals surface area contributed by atoms with Gasteiger partial charge < -0.3 is 14.9 Å². The van der Waals surface area contributed by atoms with E-state index in [0.717, 1.165) is 37.7 Å². The van der Waals surface area contributed by atoms with Crippen molar-refractivity contribution in [2.45, 2.75) is 65.4 Å². The van der Waals surface area contributed by atoms with E-state index < -0.39 is 0 Å². The van der Waals surface area contributed by atoms with Crippen molar-refractivity contribution >= 4 is 5.97 Å². The number of aliphatic hydroxyl groups excluding tert-OH is 2. The van der Waals surface area contributed by atoms with Gasteiger partial charge in [-0.25, -0.2) is 4.79 Å². The number of aliphatic hydroxyl groups is 2. The number of fused-ring (bicyclic) bond motifs is 1. The molecule has 2 fully saturated rings. The van der Waals surface area contributed by atoms with E-state index in [9.17, 15) is 15.0 Å². The molecule has 0 heterocycles. The summed E-state index contributed by atoms with van der Waals surface area (Å²) in [6.07, 6.45) is 7.14. The highest BCUT2D eigenvalue weighted by molar-refractivity contribution is 5.89. The van der Waals surface area contributed by atoms with Gasteiger partial charge in [0, 0.05) is 18.9 Å². The lowest BCUT2D eigenvalue weighted by molar-refractivity contribution is -0.145. The first-order valence-corrected chi connectivity index (χ1v) is 11.6. The van der Waals surface area contributed by atoms with Crippen LogP contribution in [0.2, 0.25) is 0 Å². The van der Waals surface area contributed by atoms with E-state index in [4.69, 9.17) is 4.74 Å². The third kappa shape index (κ3) is 4.80. The lowest BCUT2D eigenvalue weighted by Gasteiger charge is -2.60. The van der Waals surface area contributed by atoms with Gasteiger partial charge in [-0.3, -0.25) is 0 Å². The molecule has 2 saturated carbocycles. The summed E-state index contributed by atoms with van der Waals surface area (Å²) in [5.41, 5.74) is 2.51. The molecule has 170 valence electrons. The maximum Gasteiger partial charge on any atom is 0.338 e. The molecule has 2 N–H and O–H groups in total. The zero-order valence-electron chi connectivity index (χ0n) is 19.3. The molecule has 0 spiro atoms. The van der Waals surface area contributed by atoms with E-state index in [1.165, 1.54) is 5.57 Å². The quantitative estimate of drug-likeness (QED) is 0.458. The number of hydrogen-bond acceptors (Lipinski definition) is 4. The van der Waals surface area contributed by atoms with Crippen molar-refractivity contribution in [3.05, 3.63) is 59.7 Å². The summed E-state index contributed by atoms with van der Waals surface area (Å²) in [6, 6.07) is 9.14. The Morgan fingerprint density at radius 1 is 1.23 bits per heavy atom. The van der Waals surface area contributed by atoms with E-state index in [1.807, 2.05) is 24.3 Å². The maximum absolute atomic E-state index is 12.9. The molecule has 1 aromatic carbocycles. The molecule has 4 heteroatoms. The SMILES string of the molecule is C=C1C[C@@H](OC(=O)c2ccccc2)[C@H]2[C@](C)(CO)CCC[C@]2(C)[C@H]1CC/C(C)=C\CO. The van der Waals surface area contributed by atoms with E-state index in [0.29, 0.717) is 17.9 Å². The minimum absolute atomic E-state index is 0.0669. The van der Waals surface area contributed by atoms with Gasteiger partial charge in [0.2, 0.25) is 0 Å². The van der Waals surface area contributed by atoms with E-state index in [2.05, 4.69) is 27.4 Å². The summed E-state index contributed by atoms with van der Waals surface area (Å²) in [7, 11) is 0. The van der Waals surface area contributed by atoms with Crippen LogP contribution in [0, 0.1) is 22.7 Å². The predicted molar refractivity (Wildman–Crippen MR) is 124 cm³/mol. The van der Waals surface area contributed by atoms with Crippen LogP contribution in [0.1, 0.15) is 69.7 Å². The zero-order valence-corrected chi connectivity index (χ0v) is 19.3. The fourth-order valence-corrected chi connectivity index (χ4v) is 6.46. The number of esters is 1. The molecule has 3 rings (SSSR count). The molecule has 0 unspecified atom stereocenters. The van der Waals surface area contributed by atoms with Gasteiger partial charge in [-0.1, -0.05) is 62.3 Å². The number of benzene rings is 1. The molecule has 2 aliphatic carbocycles. The Labute approximate surface area is 187 Å².